The number of halogens is 2. The lowest BCUT2D eigenvalue weighted by molar-refractivity contribution is -0.385. The van der Waals surface area contributed by atoms with Crippen molar-refractivity contribution in [3.63, 3.8) is 0 Å². The summed E-state index contributed by atoms with van der Waals surface area (Å²) in [6.45, 7) is 0. The van der Waals surface area contributed by atoms with Crippen LogP contribution in [0.25, 0.3) is 0 Å². The molecule has 0 saturated carbocycles. The summed E-state index contributed by atoms with van der Waals surface area (Å²) in [4.78, 5) is 10.3. The molecule has 0 aromatic heterocycles. The fourth-order valence-electron chi connectivity index (χ4n) is 1.40. The molecule has 2 aromatic carbocycles. The third kappa shape index (κ3) is 2.55. The second-order valence-corrected chi connectivity index (χ2v) is 4.19. The van der Waals surface area contributed by atoms with E-state index in [9.17, 15) is 10.1 Å². The third-order valence-corrected chi connectivity index (χ3v) is 2.81. The van der Waals surface area contributed by atoms with Crippen LogP contribution in [0.2, 0.25) is 10.0 Å². The van der Waals surface area contributed by atoms with Gasteiger partial charge in [-0.15, -0.1) is 0 Å². The maximum atomic E-state index is 10.9. The molecule has 0 N–H and O–H groups in total. The lowest BCUT2D eigenvalue weighted by atomic mass is 10.3. The summed E-state index contributed by atoms with van der Waals surface area (Å²) in [6.07, 6.45) is 0. The van der Waals surface area contributed by atoms with E-state index in [2.05, 4.69) is 0 Å². The van der Waals surface area contributed by atoms with Crippen molar-refractivity contribution in [2.24, 2.45) is 0 Å². The second-order valence-electron chi connectivity index (χ2n) is 3.38. The SMILES string of the molecule is O=[N+]([O-])c1c(Cl)cccc1Oc1ccccc1Cl. The van der Waals surface area contributed by atoms with Gasteiger partial charge in [0, 0.05) is 0 Å². The van der Waals surface area contributed by atoms with Gasteiger partial charge in [-0.2, -0.15) is 0 Å². The third-order valence-electron chi connectivity index (χ3n) is 2.19. The zero-order valence-corrected chi connectivity index (χ0v) is 10.5. The van der Waals surface area contributed by atoms with E-state index in [1.807, 2.05) is 0 Å². The molecular formula is C12H7Cl2NO3. The minimum atomic E-state index is -0.589. The van der Waals surface area contributed by atoms with Crippen molar-refractivity contribution in [2.75, 3.05) is 0 Å². The Balaban J connectivity index is 2.44. The summed E-state index contributed by atoms with van der Waals surface area (Å²) < 4.78 is 5.42. The van der Waals surface area contributed by atoms with E-state index in [1.54, 1.807) is 30.3 Å². The molecule has 92 valence electrons. The minimum Gasteiger partial charge on any atom is -0.448 e. The molecule has 0 fully saturated rings. The largest absolute Gasteiger partial charge is 0.448 e. The molecule has 0 bridgehead atoms. The Morgan fingerprint density at radius 2 is 1.56 bits per heavy atom. The van der Waals surface area contributed by atoms with E-state index >= 15 is 0 Å². The number of nitrogens with zero attached hydrogens (tertiary/aromatic N) is 1. The molecule has 0 aliphatic heterocycles. The molecule has 18 heavy (non-hydrogen) atoms. The molecule has 2 aromatic rings. The predicted octanol–water partition coefficient (Wildman–Crippen LogP) is 4.69. The zero-order valence-electron chi connectivity index (χ0n) is 8.97. The summed E-state index contributed by atoms with van der Waals surface area (Å²) in [5.41, 5.74) is -0.279. The standard InChI is InChI=1S/C12H7Cl2NO3/c13-8-4-1-2-6-10(8)18-11-7-3-5-9(14)12(11)15(16)17/h1-7H. The van der Waals surface area contributed by atoms with Gasteiger partial charge in [-0.3, -0.25) is 10.1 Å². The van der Waals surface area contributed by atoms with Gasteiger partial charge in [-0.05, 0) is 24.3 Å². The topological polar surface area (TPSA) is 52.4 Å². The Morgan fingerprint density at radius 3 is 2.22 bits per heavy atom. The molecule has 4 nitrogen and oxygen atoms in total. The average molecular weight is 284 g/mol. The van der Waals surface area contributed by atoms with Crippen LogP contribution in [0, 0.1) is 10.1 Å². The van der Waals surface area contributed by atoms with Gasteiger partial charge in [0.2, 0.25) is 5.75 Å². The first-order valence-corrected chi connectivity index (χ1v) is 5.70. The van der Waals surface area contributed by atoms with Gasteiger partial charge in [0.05, 0.1) is 9.95 Å². The van der Waals surface area contributed by atoms with Crippen LogP contribution in [0.3, 0.4) is 0 Å². The van der Waals surface area contributed by atoms with Crippen molar-refractivity contribution in [2.45, 2.75) is 0 Å². The van der Waals surface area contributed by atoms with Crippen LogP contribution in [0.1, 0.15) is 0 Å². The first kappa shape index (κ1) is 12.7. The molecule has 0 spiro atoms. The molecule has 2 rings (SSSR count). The Hall–Kier alpha value is -1.78. The Bertz CT molecular complexity index is 602. The number of benzene rings is 2. The van der Waals surface area contributed by atoms with Crippen LogP contribution in [-0.4, -0.2) is 4.92 Å². The van der Waals surface area contributed by atoms with Crippen molar-refractivity contribution in [3.8, 4) is 11.5 Å². The molecule has 0 amide bonds. The van der Waals surface area contributed by atoms with Crippen LogP contribution in [0.5, 0.6) is 11.5 Å². The van der Waals surface area contributed by atoms with Crippen molar-refractivity contribution >= 4 is 28.9 Å². The molecule has 0 saturated heterocycles. The van der Waals surface area contributed by atoms with E-state index in [1.165, 1.54) is 12.1 Å². The van der Waals surface area contributed by atoms with Gasteiger partial charge in [0.15, 0.2) is 0 Å². The number of nitro groups is 1. The summed E-state index contributed by atoms with van der Waals surface area (Å²) in [5.74, 6) is 0.394. The number of rotatable bonds is 3. The highest BCUT2D eigenvalue weighted by Gasteiger charge is 2.20. The quantitative estimate of drug-likeness (QED) is 0.606. The fourth-order valence-corrected chi connectivity index (χ4v) is 1.81. The maximum absolute atomic E-state index is 10.9. The van der Waals surface area contributed by atoms with E-state index in [-0.39, 0.29) is 16.5 Å². The number of nitro benzene ring substituents is 1. The number of ether oxygens (including phenoxy) is 1. The smallest absolute Gasteiger partial charge is 0.329 e. The fraction of sp³-hybridized carbons (Fsp3) is 0. The summed E-state index contributed by atoms with van der Waals surface area (Å²) >= 11 is 11.7. The lowest BCUT2D eigenvalue weighted by Crippen LogP contribution is -1.94. The first-order chi connectivity index (χ1) is 8.59. The van der Waals surface area contributed by atoms with Crippen molar-refractivity contribution in [3.05, 3.63) is 62.6 Å². The molecule has 0 heterocycles. The highest BCUT2D eigenvalue weighted by molar-refractivity contribution is 6.33. The van der Waals surface area contributed by atoms with Gasteiger partial charge in [0.25, 0.3) is 0 Å². The molecule has 0 aliphatic rings. The zero-order chi connectivity index (χ0) is 13.1. The number of para-hydroxylation sites is 2. The molecule has 6 heteroatoms. The average Bonchev–Trinajstić information content (AvgIpc) is 2.31. The Morgan fingerprint density at radius 1 is 0.944 bits per heavy atom. The normalized spacial score (nSPS) is 10.1. The van der Waals surface area contributed by atoms with Gasteiger partial charge in [0.1, 0.15) is 10.8 Å². The molecular weight excluding hydrogens is 277 g/mol. The maximum Gasteiger partial charge on any atom is 0.329 e. The summed E-state index contributed by atoms with van der Waals surface area (Å²) in [5, 5.41) is 11.3. The van der Waals surface area contributed by atoms with Crippen LogP contribution in [0.4, 0.5) is 5.69 Å². The highest BCUT2D eigenvalue weighted by atomic mass is 35.5. The number of hydrogen-bond donors (Lipinski definition) is 0. The van der Waals surface area contributed by atoms with Crippen LogP contribution >= 0.6 is 23.2 Å². The van der Waals surface area contributed by atoms with Crippen LogP contribution < -0.4 is 4.74 Å². The second kappa shape index (κ2) is 5.25. The van der Waals surface area contributed by atoms with Crippen molar-refractivity contribution < 1.29 is 9.66 Å². The molecule has 0 radical (unpaired) electrons. The minimum absolute atomic E-state index is 0.0181. The molecule has 0 atom stereocenters. The van der Waals surface area contributed by atoms with Gasteiger partial charge < -0.3 is 4.74 Å². The van der Waals surface area contributed by atoms with E-state index in [0.717, 1.165) is 0 Å². The highest BCUT2D eigenvalue weighted by Crippen LogP contribution is 2.38. The van der Waals surface area contributed by atoms with Crippen LogP contribution in [-0.2, 0) is 0 Å². The van der Waals surface area contributed by atoms with Gasteiger partial charge >= 0.3 is 5.69 Å². The van der Waals surface area contributed by atoms with Crippen molar-refractivity contribution in [1.29, 1.82) is 0 Å². The Kier molecular flexibility index (Phi) is 3.69. The molecule has 0 aliphatic carbocycles. The first-order valence-electron chi connectivity index (χ1n) is 4.95. The van der Waals surface area contributed by atoms with E-state index < -0.39 is 4.92 Å². The van der Waals surface area contributed by atoms with Gasteiger partial charge in [-0.1, -0.05) is 41.4 Å². The van der Waals surface area contributed by atoms with Crippen molar-refractivity contribution in [1.82, 2.24) is 0 Å². The van der Waals surface area contributed by atoms with Gasteiger partial charge in [-0.25, -0.2) is 0 Å². The monoisotopic (exact) mass is 283 g/mol. The Labute approximate surface area is 113 Å². The number of hydrogen-bond acceptors (Lipinski definition) is 3. The van der Waals surface area contributed by atoms with Crippen LogP contribution in [0.15, 0.2) is 42.5 Å². The summed E-state index contributed by atoms with van der Waals surface area (Å²) in [7, 11) is 0. The summed E-state index contributed by atoms with van der Waals surface area (Å²) in [6, 6.07) is 11.2. The predicted molar refractivity (Wildman–Crippen MR) is 69.6 cm³/mol. The lowest BCUT2D eigenvalue weighted by Gasteiger charge is -2.08. The van der Waals surface area contributed by atoms with E-state index in [4.69, 9.17) is 27.9 Å². The molecule has 0 unspecified atom stereocenters. The van der Waals surface area contributed by atoms with E-state index in [0.29, 0.717) is 10.8 Å².